The van der Waals surface area contributed by atoms with Crippen molar-refractivity contribution in [1.29, 1.82) is 0 Å². The third-order valence-electron chi connectivity index (χ3n) is 2.99. The summed E-state index contributed by atoms with van der Waals surface area (Å²) in [7, 11) is 1.94. The molecule has 1 atom stereocenters. The summed E-state index contributed by atoms with van der Waals surface area (Å²) >= 11 is 3.31. The van der Waals surface area contributed by atoms with Gasteiger partial charge in [0.1, 0.15) is 5.82 Å². The minimum atomic E-state index is -0.228. The van der Waals surface area contributed by atoms with Gasteiger partial charge in [-0.25, -0.2) is 9.37 Å². The normalized spacial score (nSPS) is 12.6. The Bertz CT molecular complexity index is 553. The number of benzene rings is 1. The zero-order chi connectivity index (χ0) is 13.8. The quantitative estimate of drug-likeness (QED) is 0.914. The number of halogens is 2. The molecule has 1 N–H and O–H groups in total. The highest BCUT2D eigenvalue weighted by atomic mass is 79.9. The SMILES string of the molecule is CCNC(Cc1cccc(F)c1Br)c1cn(C)cn1. The fourth-order valence-electron chi connectivity index (χ4n) is 2.07. The number of likely N-dealkylation sites (N-methyl/N-ethyl adjacent to an activating group) is 1. The molecule has 0 amide bonds. The van der Waals surface area contributed by atoms with E-state index >= 15 is 0 Å². The van der Waals surface area contributed by atoms with Crippen molar-refractivity contribution in [2.24, 2.45) is 7.05 Å². The minimum absolute atomic E-state index is 0.0873. The topological polar surface area (TPSA) is 29.9 Å². The van der Waals surface area contributed by atoms with Crippen molar-refractivity contribution in [3.63, 3.8) is 0 Å². The molecule has 1 aromatic carbocycles. The van der Waals surface area contributed by atoms with E-state index in [0.717, 1.165) is 17.8 Å². The fourth-order valence-corrected chi connectivity index (χ4v) is 2.49. The van der Waals surface area contributed by atoms with Crippen LogP contribution in [0.25, 0.3) is 0 Å². The molecule has 0 bridgehead atoms. The van der Waals surface area contributed by atoms with E-state index < -0.39 is 0 Å². The minimum Gasteiger partial charge on any atom is -0.340 e. The smallest absolute Gasteiger partial charge is 0.137 e. The first-order valence-corrected chi connectivity index (χ1v) is 7.05. The Morgan fingerprint density at radius 2 is 2.26 bits per heavy atom. The van der Waals surface area contributed by atoms with E-state index in [9.17, 15) is 4.39 Å². The van der Waals surface area contributed by atoms with Crippen LogP contribution in [-0.2, 0) is 13.5 Å². The zero-order valence-corrected chi connectivity index (χ0v) is 12.6. The molecule has 0 aliphatic carbocycles. The third kappa shape index (κ3) is 3.42. The van der Waals surface area contributed by atoms with E-state index in [1.807, 2.05) is 23.9 Å². The maximum atomic E-state index is 13.5. The molecule has 0 aliphatic heterocycles. The van der Waals surface area contributed by atoms with Crippen LogP contribution in [0.5, 0.6) is 0 Å². The number of aryl methyl sites for hydroxylation is 1. The lowest BCUT2D eigenvalue weighted by Crippen LogP contribution is -2.23. The highest BCUT2D eigenvalue weighted by molar-refractivity contribution is 9.10. The Morgan fingerprint density at radius 3 is 2.89 bits per heavy atom. The summed E-state index contributed by atoms with van der Waals surface area (Å²) in [5, 5.41) is 3.39. The van der Waals surface area contributed by atoms with Crippen LogP contribution >= 0.6 is 15.9 Å². The summed E-state index contributed by atoms with van der Waals surface area (Å²) in [5.41, 5.74) is 1.91. The fraction of sp³-hybridized carbons (Fsp3) is 0.357. The van der Waals surface area contributed by atoms with E-state index in [0.29, 0.717) is 10.9 Å². The van der Waals surface area contributed by atoms with Gasteiger partial charge < -0.3 is 9.88 Å². The maximum absolute atomic E-state index is 13.5. The van der Waals surface area contributed by atoms with E-state index in [1.54, 1.807) is 12.4 Å². The molecule has 1 unspecified atom stereocenters. The van der Waals surface area contributed by atoms with Gasteiger partial charge in [0.05, 0.1) is 22.5 Å². The third-order valence-corrected chi connectivity index (χ3v) is 3.88. The average molecular weight is 326 g/mol. The van der Waals surface area contributed by atoms with Crippen LogP contribution in [-0.4, -0.2) is 16.1 Å². The van der Waals surface area contributed by atoms with Crippen LogP contribution in [0.4, 0.5) is 4.39 Å². The Labute approximate surface area is 121 Å². The largest absolute Gasteiger partial charge is 0.340 e. The highest BCUT2D eigenvalue weighted by Crippen LogP contribution is 2.25. The Hall–Kier alpha value is -1.20. The molecule has 0 saturated heterocycles. The zero-order valence-electron chi connectivity index (χ0n) is 11.0. The molecule has 102 valence electrons. The van der Waals surface area contributed by atoms with Gasteiger partial charge in [-0.2, -0.15) is 0 Å². The summed E-state index contributed by atoms with van der Waals surface area (Å²) in [5.74, 6) is -0.228. The van der Waals surface area contributed by atoms with E-state index in [-0.39, 0.29) is 11.9 Å². The molecule has 1 heterocycles. The summed E-state index contributed by atoms with van der Waals surface area (Å²) in [6.07, 6.45) is 4.46. The van der Waals surface area contributed by atoms with Crippen molar-refractivity contribution in [1.82, 2.24) is 14.9 Å². The van der Waals surface area contributed by atoms with Gasteiger partial charge in [-0.1, -0.05) is 19.1 Å². The van der Waals surface area contributed by atoms with Gasteiger partial charge in [0.2, 0.25) is 0 Å². The van der Waals surface area contributed by atoms with Crippen molar-refractivity contribution in [3.8, 4) is 0 Å². The van der Waals surface area contributed by atoms with Gasteiger partial charge in [-0.3, -0.25) is 0 Å². The molecule has 0 aliphatic rings. The molecule has 0 saturated carbocycles. The van der Waals surface area contributed by atoms with Crippen LogP contribution in [0.15, 0.2) is 35.2 Å². The molecular formula is C14H17BrFN3. The standard InChI is InChI=1S/C14H17BrFN3/c1-3-17-12(13-8-19(2)9-18-13)7-10-5-4-6-11(16)14(10)15/h4-6,8-9,12,17H,3,7H2,1-2H3. The summed E-state index contributed by atoms with van der Waals surface area (Å²) in [4.78, 5) is 4.37. The lowest BCUT2D eigenvalue weighted by molar-refractivity contribution is 0.534. The lowest BCUT2D eigenvalue weighted by Gasteiger charge is -2.16. The first kappa shape index (κ1) is 14.2. The van der Waals surface area contributed by atoms with Crippen molar-refractivity contribution in [2.45, 2.75) is 19.4 Å². The monoisotopic (exact) mass is 325 g/mol. The molecule has 19 heavy (non-hydrogen) atoms. The summed E-state index contributed by atoms with van der Waals surface area (Å²) < 4.78 is 16.0. The average Bonchev–Trinajstić information content (AvgIpc) is 2.81. The number of hydrogen-bond donors (Lipinski definition) is 1. The van der Waals surface area contributed by atoms with Gasteiger partial charge in [-0.05, 0) is 40.5 Å². The number of rotatable bonds is 5. The molecule has 2 aromatic rings. The maximum Gasteiger partial charge on any atom is 0.137 e. The second-order valence-electron chi connectivity index (χ2n) is 4.49. The molecule has 0 fully saturated rings. The number of hydrogen-bond acceptors (Lipinski definition) is 2. The van der Waals surface area contributed by atoms with E-state index in [4.69, 9.17) is 0 Å². The second kappa shape index (κ2) is 6.30. The van der Waals surface area contributed by atoms with Crippen LogP contribution in [0, 0.1) is 5.82 Å². The number of nitrogens with zero attached hydrogens (tertiary/aromatic N) is 2. The molecular weight excluding hydrogens is 309 g/mol. The van der Waals surface area contributed by atoms with Crippen LogP contribution in [0.3, 0.4) is 0 Å². The van der Waals surface area contributed by atoms with Crippen molar-refractivity contribution in [3.05, 3.63) is 52.3 Å². The number of aromatic nitrogens is 2. The van der Waals surface area contributed by atoms with Crippen LogP contribution < -0.4 is 5.32 Å². The number of nitrogens with one attached hydrogen (secondary N) is 1. The summed E-state index contributed by atoms with van der Waals surface area (Å²) in [6, 6.07) is 5.21. The van der Waals surface area contributed by atoms with Crippen molar-refractivity contribution < 1.29 is 4.39 Å². The predicted octanol–water partition coefficient (Wildman–Crippen LogP) is 3.22. The number of imidazole rings is 1. The van der Waals surface area contributed by atoms with Crippen LogP contribution in [0.2, 0.25) is 0 Å². The van der Waals surface area contributed by atoms with Gasteiger partial charge in [-0.15, -0.1) is 0 Å². The van der Waals surface area contributed by atoms with Crippen molar-refractivity contribution >= 4 is 15.9 Å². The lowest BCUT2D eigenvalue weighted by atomic mass is 10.0. The van der Waals surface area contributed by atoms with Crippen LogP contribution in [0.1, 0.15) is 24.2 Å². The highest BCUT2D eigenvalue weighted by Gasteiger charge is 2.16. The molecule has 3 nitrogen and oxygen atoms in total. The Balaban J connectivity index is 2.23. The first-order valence-electron chi connectivity index (χ1n) is 6.26. The van der Waals surface area contributed by atoms with Crippen molar-refractivity contribution in [2.75, 3.05) is 6.54 Å². The Morgan fingerprint density at radius 1 is 1.47 bits per heavy atom. The van der Waals surface area contributed by atoms with Gasteiger partial charge in [0.15, 0.2) is 0 Å². The predicted molar refractivity (Wildman–Crippen MR) is 77.4 cm³/mol. The second-order valence-corrected chi connectivity index (χ2v) is 5.28. The molecule has 0 spiro atoms. The molecule has 1 aromatic heterocycles. The van der Waals surface area contributed by atoms with E-state index in [1.165, 1.54) is 6.07 Å². The van der Waals surface area contributed by atoms with E-state index in [2.05, 4.69) is 33.2 Å². The van der Waals surface area contributed by atoms with Gasteiger partial charge in [0, 0.05) is 13.2 Å². The first-order chi connectivity index (χ1) is 9.11. The Kier molecular flexibility index (Phi) is 4.71. The molecule has 0 radical (unpaired) electrons. The molecule has 2 rings (SSSR count). The van der Waals surface area contributed by atoms with Gasteiger partial charge >= 0.3 is 0 Å². The van der Waals surface area contributed by atoms with Gasteiger partial charge in [0.25, 0.3) is 0 Å². The summed E-state index contributed by atoms with van der Waals surface area (Å²) in [6.45, 7) is 2.89. The molecule has 5 heteroatoms.